The Bertz CT molecular complexity index is 1180. The molecule has 0 atom stereocenters. The molecule has 0 radical (unpaired) electrons. The highest BCUT2D eigenvalue weighted by atomic mass is 32.2. The Morgan fingerprint density at radius 2 is 1.83 bits per heavy atom. The first-order chi connectivity index (χ1) is 14.1. The average Bonchev–Trinajstić information content (AvgIpc) is 3.19. The number of carbonyl (C=O) groups excluding carboxylic acids is 1. The lowest BCUT2D eigenvalue weighted by atomic mass is 10.1. The minimum atomic E-state index is -0.325. The van der Waals surface area contributed by atoms with Crippen molar-refractivity contribution in [2.45, 2.75) is 10.1 Å². The van der Waals surface area contributed by atoms with Crippen LogP contribution in [0.1, 0.15) is 15.9 Å². The van der Waals surface area contributed by atoms with Crippen LogP contribution in [0.5, 0.6) is 5.75 Å². The third kappa shape index (κ3) is 4.38. The molecule has 4 rings (SSSR count). The minimum absolute atomic E-state index is 0.249. The highest BCUT2D eigenvalue weighted by Gasteiger charge is 2.16. The molecule has 0 unspecified atom stereocenters. The van der Waals surface area contributed by atoms with Crippen LogP contribution < -0.4 is 10.1 Å². The average molecular weight is 426 g/mol. The molecule has 0 aliphatic heterocycles. The van der Waals surface area contributed by atoms with Gasteiger partial charge in [-0.05, 0) is 34.5 Å². The van der Waals surface area contributed by atoms with E-state index in [-0.39, 0.29) is 11.7 Å². The maximum Gasteiger partial charge on any atom is 0.261 e. The highest BCUT2D eigenvalue weighted by Crippen LogP contribution is 2.30. The van der Waals surface area contributed by atoms with E-state index >= 15 is 0 Å². The van der Waals surface area contributed by atoms with E-state index in [2.05, 4.69) is 15.5 Å². The Morgan fingerprint density at radius 3 is 2.59 bits per heavy atom. The molecule has 1 aromatic heterocycles. The summed E-state index contributed by atoms with van der Waals surface area (Å²) >= 11 is 2.61. The zero-order chi connectivity index (χ0) is 20.2. The number of thioether (sulfide) groups is 1. The second-order valence-corrected chi connectivity index (χ2v) is 8.31. The fraction of sp³-hybridized carbons (Fsp3) is 0.0952. The van der Waals surface area contributed by atoms with E-state index in [1.165, 1.54) is 36.3 Å². The number of amides is 1. The van der Waals surface area contributed by atoms with Crippen LogP contribution in [0.3, 0.4) is 0 Å². The van der Waals surface area contributed by atoms with Crippen LogP contribution in [0, 0.1) is 5.82 Å². The molecule has 0 spiro atoms. The summed E-state index contributed by atoms with van der Waals surface area (Å²) in [5.41, 5.74) is 1.01. The molecule has 0 bridgehead atoms. The normalized spacial score (nSPS) is 10.8. The molecular weight excluding hydrogens is 409 g/mol. The Hall–Kier alpha value is -2.97. The highest BCUT2D eigenvalue weighted by molar-refractivity contribution is 8.00. The van der Waals surface area contributed by atoms with Crippen molar-refractivity contribution in [1.82, 2.24) is 10.2 Å². The quantitative estimate of drug-likeness (QED) is 0.332. The summed E-state index contributed by atoms with van der Waals surface area (Å²) in [6.07, 6.45) is 0. The second kappa shape index (κ2) is 8.59. The van der Waals surface area contributed by atoms with Gasteiger partial charge in [-0.1, -0.05) is 65.6 Å². The first-order valence-electron chi connectivity index (χ1n) is 8.72. The van der Waals surface area contributed by atoms with Gasteiger partial charge in [0.15, 0.2) is 4.34 Å². The largest absolute Gasteiger partial charge is 0.496 e. The number of carbonyl (C=O) groups is 1. The van der Waals surface area contributed by atoms with Crippen LogP contribution in [0.25, 0.3) is 10.8 Å². The number of aromatic nitrogens is 2. The Balaban J connectivity index is 1.48. The molecule has 0 saturated carbocycles. The van der Waals surface area contributed by atoms with E-state index in [1.54, 1.807) is 24.3 Å². The molecule has 1 N–H and O–H groups in total. The van der Waals surface area contributed by atoms with E-state index in [0.717, 1.165) is 10.8 Å². The van der Waals surface area contributed by atoms with E-state index in [9.17, 15) is 9.18 Å². The fourth-order valence-corrected chi connectivity index (χ4v) is 4.54. The summed E-state index contributed by atoms with van der Waals surface area (Å²) in [4.78, 5) is 12.8. The van der Waals surface area contributed by atoms with Crippen LogP contribution in [0.4, 0.5) is 9.52 Å². The molecule has 8 heteroatoms. The first kappa shape index (κ1) is 19.4. The van der Waals surface area contributed by atoms with Gasteiger partial charge in [0.2, 0.25) is 5.13 Å². The molecule has 3 aromatic carbocycles. The lowest BCUT2D eigenvalue weighted by molar-refractivity contribution is 0.102. The van der Waals surface area contributed by atoms with Crippen LogP contribution in [-0.2, 0) is 5.75 Å². The fourth-order valence-electron chi connectivity index (χ4n) is 2.80. The van der Waals surface area contributed by atoms with Crippen LogP contribution in [-0.4, -0.2) is 23.2 Å². The number of nitrogens with zero attached hydrogens (tertiary/aromatic N) is 2. The summed E-state index contributed by atoms with van der Waals surface area (Å²) in [5.74, 6) is 0.351. The van der Waals surface area contributed by atoms with Gasteiger partial charge in [-0.25, -0.2) is 4.39 Å². The zero-order valence-corrected chi connectivity index (χ0v) is 17.0. The van der Waals surface area contributed by atoms with Crippen molar-refractivity contribution in [2.24, 2.45) is 0 Å². The smallest absolute Gasteiger partial charge is 0.261 e. The number of hydrogen-bond donors (Lipinski definition) is 1. The standard InChI is InChI=1S/C21H16FN3O2S2/c1-27-18-11-14-7-3-2-6-13(14)10-16(18)19(26)23-20-24-25-21(29-20)28-12-15-8-4-5-9-17(15)22/h2-11H,12H2,1H3,(H,23,24,26). The van der Waals surface area contributed by atoms with Gasteiger partial charge in [0.05, 0.1) is 12.7 Å². The molecule has 0 saturated heterocycles. The number of hydrogen-bond acceptors (Lipinski definition) is 6. The monoisotopic (exact) mass is 425 g/mol. The van der Waals surface area contributed by atoms with E-state index in [1.807, 2.05) is 30.3 Å². The first-order valence-corrected chi connectivity index (χ1v) is 10.5. The van der Waals surface area contributed by atoms with Gasteiger partial charge < -0.3 is 4.74 Å². The van der Waals surface area contributed by atoms with Gasteiger partial charge >= 0.3 is 0 Å². The third-order valence-corrected chi connectivity index (χ3v) is 6.27. The number of fused-ring (bicyclic) bond motifs is 1. The molecule has 1 amide bonds. The van der Waals surface area contributed by atoms with Gasteiger partial charge in [-0.15, -0.1) is 10.2 Å². The van der Waals surface area contributed by atoms with Crippen molar-refractivity contribution in [2.75, 3.05) is 12.4 Å². The predicted molar refractivity (Wildman–Crippen MR) is 114 cm³/mol. The van der Waals surface area contributed by atoms with Gasteiger partial charge in [0.1, 0.15) is 11.6 Å². The molecule has 29 heavy (non-hydrogen) atoms. The number of ether oxygens (including phenoxy) is 1. The summed E-state index contributed by atoms with van der Waals surface area (Å²) in [6.45, 7) is 0. The van der Waals surface area contributed by atoms with Crippen molar-refractivity contribution in [3.05, 3.63) is 77.6 Å². The van der Waals surface area contributed by atoms with Crippen molar-refractivity contribution < 1.29 is 13.9 Å². The van der Waals surface area contributed by atoms with Crippen LogP contribution in [0.2, 0.25) is 0 Å². The van der Waals surface area contributed by atoms with Gasteiger partial charge in [0, 0.05) is 5.75 Å². The summed E-state index contributed by atoms with van der Waals surface area (Å²) in [7, 11) is 1.53. The SMILES string of the molecule is COc1cc2ccccc2cc1C(=O)Nc1nnc(SCc2ccccc2F)s1. The van der Waals surface area contributed by atoms with Crippen molar-refractivity contribution in [1.29, 1.82) is 0 Å². The summed E-state index contributed by atoms with van der Waals surface area (Å²) in [6, 6.07) is 18.0. The van der Waals surface area contributed by atoms with Crippen molar-refractivity contribution in [3.63, 3.8) is 0 Å². The number of methoxy groups -OCH3 is 1. The van der Waals surface area contributed by atoms with E-state index in [4.69, 9.17) is 4.74 Å². The van der Waals surface area contributed by atoms with Crippen LogP contribution in [0.15, 0.2) is 65.0 Å². The Kier molecular flexibility index (Phi) is 5.73. The molecule has 0 aliphatic carbocycles. The second-order valence-electron chi connectivity index (χ2n) is 6.11. The predicted octanol–water partition coefficient (Wildman–Crippen LogP) is 5.38. The Morgan fingerprint density at radius 1 is 1.10 bits per heavy atom. The van der Waals surface area contributed by atoms with Crippen molar-refractivity contribution >= 4 is 44.9 Å². The number of anilines is 1. The third-order valence-electron chi connectivity index (χ3n) is 4.25. The number of halogens is 1. The molecular formula is C21H16FN3O2S2. The van der Waals surface area contributed by atoms with E-state index in [0.29, 0.717) is 32.1 Å². The number of nitrogens with one attached hydrogen (secondary N) is 1. The van der Waals surface area contributed by atoms with Gasteiger partial charge in [-0.3, -0.25) is 10.1 Å². The minimum Gasteiger partial charge on any atom is -0.496 e. The van der Waals surface area contributed by atoms with Gasteiger partial charge in [-0.2, -0.15) is 0 Å². The van der Waals surface area contributed by atoms with Crippen molar-refractivity contribution in [3.8, 4) is 5.75 Å². The number of benzene rings is 3. The lowest BCUT2D eigenvalue weighted by Crippen LogP contribution is -2.13. The lowest BCUT2D eigenvalue weighted by Gasteiger charge is -2.09. The molecule has 0 fully saturated rings. The molecule has 5 nitrogen and oxygen atoms in total. The van der Waals surface area contributed by atoms with E-state index < -0.39 is 0 Å². The Labute approximate surface area is 174 Å². The molecule has 0 aliphatic rings. The van der Waals surface area contributed by atoms with Crippen LogP contribution >= 0.6 is 23.1 Å². The topological polar surface area (TPSA) is 64.1 Å². The summed E-state index contributed by atoms with van der Waals surface area (Å²) < 4.78 is 19.8. The van der Waals surface area contributed by atoms with Gasteiger partial charge in [0.25, 0.3) is 5.91 Å². The number of rotatable bonds is 6. The maximum absolute atomic E-state index is 13.7. The maximum atomic E-state index is 13.7. The summed E-state index contributed by atoms with van der Waals surface area (Å²) in [5, 5.41) is 13.2. The molecule has 146 valence electrons. The molecule has 1 heterocycles. The zero-order valence-electron chi connectivity index (χ0n) is 15.4. The molecule has 4 aromatic rings.